The standard InChI is InChI=1S/C20H22F3N5O3S/c21-20(22,23)11-5-4-8-13(9-11)28(10-14(29)26-12-6-2-1-3-7-12)19(31)17-15(24)16(18(25)30)27-32-17/h4-5,8-9,12H,1-3,6-7,10,24H2,(H2,25,30)(H,26,29). The average molecular weight is 469 g/mol. The van der Waals surface area contributed by atoms with Crippen molar-refractivity contribution in [3.8, 4) is 0 Å². The third-order valence-corrected chi connectivity index (χ3v) is 6.01. The molecule has 0 saturated heterocycles. The van der Waals surface area contributed by atoms with Gasteiger partial charge in [0.25, 0.3) is 11.8 Å². The van der Waals surface area contributed by atoms with Crippen molar-refractivity contribution < 1.29 is 27.6 Å². The summed E-state index contributed by atoms with van der Waals surface area (Å²) in [4.78, 5) is 38.0. The summed E-state index contributed by atoms with van der Waals surface area (Å²) in [6, 6.07) is 4.01. The molecule has 1 fully saturated rings. The van der Waals surface area contributed by atoms with Crippen molar-refractivity contribution in [2.45, 2.75) is 44.3 Å². The minimum atomic E-state index is -4.64. The SMILES string of the molecule is NC(=O)c1nsc(C(=O)N(CC(=O)NC2CCCCC2)c2cccc(C(F)(F)F)c2)c1N. The Bertz CT molecular complexity index is 1020. The van der Waals surface area contributed by atoms with Crippen LogP contribution in [0.3, 0.4) is 0 Å². The second-order valence-corrected chi connectivity index (χ2v) is 8.25. The highest BCUT2D eigenvalue weighted by Gasteiger charge is 2.33. The normalized spacial score (nSPS) is 14.7. The number of nitrogen functional groups attached to an aromatic ring is 1. The van der Waals surface area contributed by atoms with Gasteiger partial charge in [-0.3, -0.25) is 19.3 Å². The minimum absolute atomic E-state index is 0.0513. The lowest BCUT2D eigenvalue weighted by atomic mass is 9.95. The van der Waals surface area contributed by atoms with E-state index in [2.05, 4.69) is 9.69 Å². The van der Waals surface area contributed by atoms with Crippen molar-refractivity contribution in [2.75, 3.05) is 17.2 Å². The number of rotatable bonds is 6. The Labute approximate surface area is 185 Å². The first-order chi connectivity index (χ1) is 15.1. The van der Waals surface area contributed by atoms with Gasteiger partial charge in [-0.05, 0) is 42.6 Å². The Balaban J connectivity index is 1.93. The van der Waals surface area contributed by atoms with Gasteiger partial charge in [0.05, 0.1) is 11.3 Å². The van der Waals surface area contributed by atoms with Gasteiger partial charge in [-0.15, -0.1) is 0 Å². The molecule has 1 aromatic carbocycles. The molecule has 172 valence electrons. The molecule has 0 radical (unpaired) electrons. The maximum atomic E-state index is 13.2. The van der Waals surface area contributed by atoms with Crippen LogP contribution in [0.5, 0.6) is 0 Å². The Kier molecular flexibility index (Phi) is 7.02. The van der Waals surface area contributed by atoms with Crippen molar-refractivity contribution in [3.05, 3.63) is 40.4 Å². The molecule has 3 rings (SSSR count). The topological polar surface area (TPSA) is 131 Å². The van der Waals surface area contributed by atoms with Gasteiger partial charge in [0.1, 0.15) is 11.4 Å². The number of aromatic nitrogens is 1. The lowest BCUT2D eigenvalue weighted by Gasteiger charge is -2.26. The fourth-order valence-corrected chi connectivity index (χ4v) is 4.30. The monoisotopic (exact) mass is 469 g/mol. The number of nitrogens with two attached hydrogens (primary N) is 2. The summed E-state index contributed by atoms with van der Waals surface area (Å²) < 4.78 is 43.4. The predicted molar refractivity (Wildman–Crippen MR) is 113 cm³/mol. The van der Waals surface area contributed by atoms with Crippen molar-refractivity contribution in [3.63, 3.8) is 0 Å². The zero-order valence-electron chi connectivity index (χ0n) is 16.9. The highest BCUT2D eigenvalue weighted by Crippen LogP contribution is 2.33. The first-order valence-electron chi connectivity index (χ1n) is 9.91. The van der Waals surface area contributed by atoms with Crippen LogP contribution in [0, 0.1) is 0 Å². The van der Waals surface area contributed by atoms with Crippen molar-refractivity contribution in [2.24, 2.45) is 5.73 Å². The van der Waals surface area contributed by atoms with Gasteiger partial charge in [0, 0.05) is 11.7 Å². The number of carbonyl (C=O) groups excluding carboxylic acids is 3. The maximum absolute atomic E-state index is 13.2. The smallest absolute Gasteiger partial charge is 0.395 e. The van der Waals surface area contributed by atoms with E-state index in [1.807, 2.05) is 0 Å². The molecule has 0 unspecified atom stereocenters. The number of anilines is 2. The van der Waals surface area contributed by atoms with Gasteiger partial charge in [0.2, 0.25) is 5.91 Å². The molecule has 2 aromatic rings. The van der Waals surface area contributed by atoms with Gasteiger partial charge in [-0.1, -0.05) is 25.3 Å². The van der Waals surface area contributed by atoms with Crippen LogP contribution in [-0.4, -0.2) is 34.7 Å². The summed E-state index contributed by atoms with van der Waals surface area (Å²) >= 11 is 0.587. The number of nitrogens with one attached hydrogen (secondary N) is 1. The van der Waals surface area contributed by atoms with Gasteiger partial charge in [-0.2, -0.15) is 17.5 Å². The van der Waals surface area contributed by atoms with Crippen LogP contribution in [0.1, 0.15) is 57.8 Å². The number of benzene rings is 1. The van der Waals surface area contributed by atoms with Crippen molar-refractivity contribution >= 4 is 40.6 Å². The molecule has 3 amide bonds. The molecule has 1 heterocycles. The number of hydrogen-bond donors (Lipinski definition) is 3. The van der Waals surface area contributed by atoms with E-state index in [0.29, 0.717) is 11.5 Å². The lowest BCUT2D eigenvalue weighted by molar-refractivity contribution is -0.137. The van der Waals surface area contributed by atoms with Crippen LogP contribution >= 0.6 is 11.5 Å². The largest absolute Gasteiger partial charge is 0.416 e. The number of amides is 3. The quantitative estimate of drug-likeness (QED) is 0.599. The number of halogens is 3. The van der Waals surface area contributed by atoms with E-state index in [0.717, 1.165) is 55.2 Å². The first-order valence-corrected chi connectivity index (χ1v) is 10.7. The molecule has 1 aromatic heterocycles. The van der Waals surface area contributed by atoms with Crippen LogP contribution in [-0.2, 0) is 11.0 Å². The van der Waals surface area contributed by atoms with Crippen molar-refractivity contribution in [1.82, 2.24) is 9.69 Å². The fraction of sp³-hybridized carbons (Fsp3) is 0.400. The molecule has 1 aliphatic carbocycles. The van der Waals surface area contributed by atoms with E-state index >= 15 is 0 Å². The van der Waals surface area contributed by atoms with Crippen LogP contribution in [0.15, 0.2) is 24.3 Å². The molecular weight excluding hydrogens is 447 g/mol. The van der Waals surface area contributed by atoms with Gasteiger partial charge in [-0.25, -0.2) is 0 Å². The van der Waals surface area contributed by atoms with E-state index in [-0.39, 0.29) is 28.0 Å². The van der Waals surface area contributed by atoms with Crippen LogP contribution in [0.2, 0.25) is 0 Å². The number of hydrogen-bond acceptors (Lipinski definition) is 6. The van der Waals surface area contributed by atoms with E-state index in [1.165, 1.54) is 6.07 Å². The number of primary amides is 1. The van der Waals surface area contributed by atoms with E-state index in [4.69, 9.17) is 11.5 Å². The minimum Gasteiger partial charge on any atom is -0.395 e. The first kappa shape index (κ1) is 23.5. The van der Waals surface area contributed by atoms with Crippen LogP contribution in [0.4, 0.5) is 24.5 Å². The second kappa shape index (κ2) is 9.55. The lowest BCUT2D eigenvalue weighted by Crippen LogP contribution is -2.45. The zero-order chi connectivity index (χ0) is 23.5. The summed E-state index contributed by atoms with van der Waals surface area (Å²) in [7, 11) is 0. The highest BCUT2D eigenvalue weighted by molar-refractivity contribution is 7.09. The van der Waals surface area contributed by atoms with E-state index < -0.39 is 36.0 Å². The number of carbonyl (C=O) groups is 3. The predicted octanol–water partition coefficient (Wildman–Crippen LogP) is 2.94. The molecule has 8 nitrogen and oxygen atoms in total. The van der Waals surface area contributed by atoms with Gasteiger partial charge < -0.3 is 16.8 Å². The Morgan fingerprint density at radius 2 is 1.88 bits per heavy atom. The average Bonchev–Trinajstić information content (AvgIpc) is 3.13. The Hall–Kier alpha value is -3.15. The van der Waals surface area contributed by atoms with Crippen LogP contribution < -0.4 is 21.7 Å². The second-order valence-electron chi connectivity index (χ2n) is 7.48. The summed E-state index contributed by atoms with van der Waals surface area (Å²) in [6.07, 6.45) is -0.0329. The van der Waals surface area contributed by atoms with E-state index in [9.17, 15) is 27.6 Å². The molecule has 1 aliphatic rings. The molecule has 32 heavy (non-hydrogen) atoms. The van der Waals surface area contributed by atoms with Crippen molar-refractivity contribution in [1.29, 1.82) is 0 Å². The van der Waals surface area contributed by atoms with E-state index in [1.54, 1.807) is 0 Å². The molecule has 0 atom stereocenters. The number of alkyl halides is 3. The Morgan fingerprint density at radius 1 is 1.19 bits per heavy atom. The Morgan fingerprint density at radius 3 is 2.47 bits per heavy atom. The third kappa shape index (κ3) is 5.36. The van der Waals surface area contributed by atoms with Gasteiger partial charge in [0.15, 0.2) is 5.69 Å². The molecule has 12 heteroatoms. The summed E-state index contributed by atoms with van der Waals surface area (Å²) in [5.74, 6) is -2.31. The molecule has 0 bridgehead atoms. The molecule has 1 saturated carbocycles. The molecule has 5 N–H and O–H groups in total. The third-order valence-electron chi connectivity index (χ3n) is 5.16. The maximum Gasteiger partial charge on any atom is 0.416 e. The molecule has 0 spiro atoms. The molecule has 0 aliphatic heterocycles. The molecular formula is C20H22F3N5O3S. The number of nitrogens with zero attached hydrogens (tertiary/aromatic N) is 2. The summed E-state index contributed by atoms with van der Waals surface area (Å²) in [5, 5.41) is 2.84. The summed E-state index contributed by atoms with van der Waals surface area (Å²) in [6.45, 7) is -0.528. The van der Waals surface area contributed by atoms with Crippen LogP contribution in [0.25, 0.3) is 0 Å². The highest BCUT2D eigenvalue weighted by atomic mass is 32.1. The fourth-order valence-electron chi connectivity index (χ4n) is 3.55. The zero-order valence-corrected chi connectivity index (χ0v) is 17.8. The van der Waals surface area contributed by atoms with Gasteiger partial charge >= 0.3 is 6.18 Å². The summed E-state index contributed by atoms with van der Waals surface area (Å²) in [5.41, 5.74) is 9.29.